The molecule has 1 saturated heterocycles. The number of hydrogen-bond acceptors (Lipinski definition) is 5. The Morgan fingerprint density at radius 2 is 1.66 bits per heavy atom. The Balaban J connectivity index is 1.56. The summed E-state index contributed by atoms with van der Waals surface area (Å²) in [4.78, 5) is 26.9. The van der Waals surface area contributed by atoms with Crippen LogP contribution < -0.4 is 10.2 Å². The van der Waals surface area contributed by atoms with E-state index in [4.69, 9.17) is 0 Å². The van der Waals surface area contributed by atoms with E-state index in [1.54, 1.807) is 0 Å². The summed E-state index contributed by atoms with van der Waals surface area (Å²) in [6.07, 6.45) is 0. The van der Waals surface area contributed by atoms with Gasteiger partial charge in [-0.05, 0) is 50.7 Å². The summed E-state index contributed by atoms with van der Waals surface area (Å²) in [5.74, 6) is -0.133. The first kappa shape index (κ1) is 19.3. The highest BCUT2D eigenvalue weighted by Gasteiger charge is 2.19. The molecule has 1 aliphatic heterocycles. The van der Waals surface area contributed by atoms with Gasteiger partial charge in [-0.15, -0.1) is 0 Å². The van der Waals surface area contributed by atoms with Gasteiger partial charge in [0.15, 0.2) is 0 Å². The van der Waals surface area contributed by atoms with Gasteiger partial charge in [-0.3, -0.25) is 4.79 Å². The Morgan fingerprint density at radius 1 is 0.966 bits per heavy atom. The summed E-state index contributed by atoms with van der Waals surface area (Å²) < 4.78 is 0. The first-order chi connectivity index (χ1) is 14.0. The largest absolute Gasteiger partial charge is 0.367 e. The van der Waals surface area contributed by atoms with Crippen molar-refractivity contribution in [2.45, 2.75) is 20.8 Å². The zero-order valence-electron chi connectivity index (χ0n) is 17.3. The number of aryl methyl sites for hydroxylation is 2. The fourth-order valence-corrected chi connectivity index (χ4v) is 3.73. The van der Waals surface area contributed by atoms with Crippen molar-refractivity contribution in [3.63, 3.8) is 0 Å². The second kappa shape index (κ2) is 8.17. The van der Waals surface area contributed by atoms with Gasteiger partial charge >= 0.3 is 0 Å². The molecule has 0 unspecified atom stereocenters. The molecule has 29 heavy (non-hydrogen) atoms. The van der Waals surface area contributed by atoms with E-state index in [9.17, 15) is 4.79 Å². The van der Waals surface area contributed by atoms with E-state index in [0.29, 0.717) is 5.56 Å². The van der Waals surface area contributed by atoms with Crippen LogP contribution in [0.3, 0.4) is 0 Å². The summed E-state index contributed by atoms with van der Waals surface area (Å²) in [6.45, 7) is 11.2. The minimum absolute atomic E-state index is 0.133. The molecule has 0 spiro atoms. The summed E-state index contributed by atoms with van der Waals surface area (Å²) in [5, 5.41) is 3.10. The molecule has 0 atom stereocenters. The molecule has 2 heterocycles. The number of benzene rings is 2. The van der Waals surface area contributed by atoms with Crippen LogP contribution in [0, 0.1) is 13.8 Å². The van der Waals surface area contributed by atoms with Gasteiger partial charge in [0.05, 0.1) is 33.8 Å². The summed E-state index contributed by atoms with van der Waals surface area (Å²) >= 11 is 0. The topological polar surface area (TPSA) is 61.4 Å². The van der Waals surface area contributed by atoms with E-state index in [1.165, 1.54) is 0 Å². The normalized spacial score (nSPS) is 14.9. The Labute approximate surface area is 171 Å². The smallest absolute Gasteiger partial charge is 0.255 e. The molecule has 6 nitrogen and oxygen atoms in total. The molecule has 0 radical (unpaired) electrons. The third kappa shape index (κ3) is 4.07. The maximum absolute atomic E-state index is 13.0. The minimum atomic E-state index is -0.133. The molecule has 3 aromatic rings. The van der Waals surface area contributed by atoms with E-state index in [0.717, 1.165) is 66.5 Å². The van der Waals surface area contributed by atoms with Crippen LogP contribution in [0.5, 0.6) is 0 Å². The highest BCUT2D eigenvalue weighted by molar-refractivity contribution is 6.07. The van der Waals surface area contributed by atoms with E-state index in [1.807, 2.05) is 50.2 Å². The fraction of sp³-hybridized carbons (Fsp3) is 0.348. The van der Waals surface area contributed by atoms with E-state index in [-0.39, 0.29) is 5.91 Å². The Kier molecular flexibility index (Phi) is 5.45. The molecule has 2 aromatic carbocycles. The zero-order valence-corrected chi connectivity index (χ0v) is 17.3. The number of carbonyl (C=O) groups excluding carboxylic acids is 1. The number of amides is 1. The lowest BCUT2D eigenvalue weighted by Gasteiger charge is -2.36. The van der Waals surface area contributed by atoms with Crippen LogP contribution in [-0.4, -0.2) is 53.5 Å². The lowest BCUT2D eigenvalue weighted by atomic mass is 10.1. The number of rotatable bonds is 4. The van der Waals surface area contributed by atoms with Gasteiger partial charge in [-0.25, -0.2) is 9.97 Å². The van der Waals surface area contributed by atoms with Gasteiger partial charge in [-0.2, -0.15) is 0 Å². The number of nitrogens with zero attached hydrogens (tertiary/aromatic N) is 4. The molecule has 1 aliphatic rings. The maximum Gasteiger partial charge on any atom is 0.255 e. The Hall–Kier alpha value is -2.99. The zero-order chi connectivity index (χ0) is 20.4. The third-order valence-electron chi connectivity index (χ3n) is 5.65. The number of anilines is 2. The van der Waals surface area contributed by atoms with Crippen molar-refractivity contribution in [3.05, 3.63) is 59.4 Å². The average Bonchev–Trinajstić information content (AvgIpc) is 2.75. The molecule has 1 N–H and O–H groups in total. The van der Waals surface area contributed by atoms with Crippen LogP contribution in [0.2, 0.25) is 0 Å². The van der Waals surface area contributed by atoms with Crippen molar-refractivity contribution in [3.8, 4) is 0 Å². The quantitative estimate of drug-likeness (QED) is 0.738. The third-order valence-corrected chi connectivity index (χ3v) is 5.65. The standard InChI is InChI=1S/C23H27N5O/c1-4-27-11-13-28(14-12-27)22-8-6-5-7-20(22)26-23(29)18-9-10-19-21(15-18)25-17(3)16(2)24-19/h5-10,15H,4,11-14H2,1-3H3,(H,26,29). The highest BCUT2D eigenvalue weighted by Crippen LogP contribution is 2.27. The number of fused-ring (bicyclic) bond motifs is 1. The first-order valence-electron chi connectivity index (χ1n) is 10.2. The molecule has 0 bridgehead atoms. The van der Waals surface area contributed by atoms with Crippen molar-refractivity contribution in [1.82, 2.24) is 14.9 Å². The van der Waals surface area contributed by atoms with Crippen LogP contribution in [0.1, 0.15) is 28.7 Å². The van der Waals surface area contributed by atoms with Crippen LogP contribution in [-0.2, 0) is 0 Å². The predicted molar refractivity (Wildman–Crippen MR) is 118 cm³/mol. The Bertz CT molecular complexity index is 1040. The van der Waals surface area contributed by atoms with E-state index >= 15 is 0 Å². The molecule has 4 rings (SSSR count). The number of hydrogen-bond donors (Lipinski definition) is 1. The molecular weight excluding hydrogens is 362 g/mol. The number of nitrogens with one attached hydrogen (secondary N) is 1. The lowest BCUT2D eigenvalue weighted by molar-refractivity contribution is 0.102. The van der Waals surface area contributed by atoms with Crippen LogP contribution in [0.15, 0.2) is 42.5 Å². The van der Waals surface area contributed by atoms with Crippen molar-refractivity contribution < 1.29 is 4.79 Å². The first-order valence-corrected chi connectivity index (χ1v) is 10.2. The van der Waals surface area contributed by atoms with E-state index < -0.39 is 0 Å². The number of carbonyl (C=O) groups is 1. The van der Waals surface area contributed by atoms with Crippen LogP contribution >= 0.6 is 0 Å². The monoisotopic (exact) mass is 389 g/mol. The van der Waals surface area contributed by atoms with Gasteiger partial charge < -0.3 is 15.1 Å². The van der Waals surface area contributed by atoms with Crippen molar-refractivity contribution in [1.29, 1.82) is 0 Å². The summed E-state index contributed by atoms with van der Waals surface area (Å²) in [6, 6.07) is 13.5. The summed E-state index contributed by atoms with van der Waals surface area (Å²) in [5.41, 5.74) is 5.83. The molecule has 0 saturated carbocycles. The molecule has 1 aromatic heterocycles. The van der Waals surface area contributed by atoms with Crippen molar-refractivity contribution in [2.24, 2.45) is 0 Å². The van der Waals surface area contributed by atoms with Crippen LogP contribution in [0.4, 0.5) is 11.4 Å². The van der Waals surface area contributed by atoms with E-state index in [2.05, 4.69) is 38.1 Å². The predicted octanol–water partition coefficient (Wildman–Crippen LogP) is 3.64. The second-order valence-electron chi connectivity index (χ2n) is 7.49. The second-order valence-corrected chi connectivity index (χ2v) is 7.49. The molecule has 0 aliphatic carbocycles. The lowest BCUT2D eigenvalue weighted by Crippen LogP contribution is -2.46. The van der Waals surface area contributed by atoms with Crippen LogP contribution in [0.25, 0.3) is 11.0 Å². The minimum Gasteiger partial charge on any atom is -0.367 e. The molecule has 150 valence electrons. The summed E-state index contributed by atoms with van der Waals surface area (Å²) in [7, 11) is 0. The highest BCUT2D eigenvalue weighted by atomic mass is 16.1. The molecule has 6 heteroatoms. The van der Waals surface area contributed by atoms with Crippen molar-refractivity contribution >= 4 is 28.3 Å². The van der Waals surface area contributed by atoms with Gasteiger partial charge in [-0.1, -0.05) is 19.1 Å². The number of piperazine rings is 1. The number of likely N-dealkylation sites (N-methyl/N-ethyl adjacent to an activating group) is 1. The van der Waals surface area contributed by atoms with Gasteiger partial charge in [0.1, 0.15) is 0 Å². The fourth-order valence-electron chi connectivity index (χ4n) is 3.73. The molecular formula is C23H27N5O. The van der Waals surface area contributed by atoms with Gasteiger partial charge in [0.25, 0.3) is 5.91 Å². The SMILES string of the molecule is CCN1CCN(c2ccccc2NC(=O)c2ccc3nc(C)c(C)nc3c2)CC1. The number of aromatic nitrogens is 2. The van der Waals surface area contributed by atoms with Gasteiger partial charge in [0, 0.05) is 31.7 Å². The van der Waals surface area contributed by atoms with Crippen molar-refractivity contribution in [2.75, 3.05) is 42.9 Å². The molecule has 1 fully saturated rings. The maximum atomic E-state index is 13.0. The Morgan fingerprint density at radius 3 is 2.38 bits per heavy atom. The number of para-hydroxylation sites is 2. The average molecular weight is 390 g/mol. The molecule has 1 amide bonds. The van der Waals surface area contributed by atoms with Gasteiger partial charge in [0.2, 0.25) is 0 Å².